The van der Waals surface area contributed by atoms with Crippen molar-refractivity contribution in [3.05, 3.63) is 76.8 Å². The van der Waals surface area contributed by atoms with E-state index < -0.39 is 141 Å². The number of hydrogen-bond donors (Lipinski definition) is 13. The predicted molar refractivity (Wildman–Crippen MR) is 325 cm³/mol. The number of nitrogens with two attached hydrogens (primary N) is 2. The summed E-state index contributed by atoms with van der Waals surface area (Å²) in [7, 11) is 2.94. The van der Waals surface area contributed by atoms with Crippen LogP contribution in [0, 0.1) is 93.2 Å². The molecule has 2 saturated heterocycles. The summed E-state index contributed by atoms with van der Waals surface area (Å²) in [5, 5.41) is 117. The zero-order valence-corrected chi connectivity index (χ0v) is 51.3. The lowest BCUT2D eigenvalue weighted by Crippen LogP contribution is -2.68. The summed E-state index contributed by atoms with van der Waals surface area (Å²) in [6.45, 7) is 5.19. The number of phenolic OH excluding ortho intramolecular Hbond substituents is 1. The number of Topliss-reactive ketones (excluding diaryl/α,β-unsaturated/α-hetero) is 2. The largest absolute Gasteiger partial charge is 0.508 e. The van der Waals surface area contributed by atoms with Crippen LogP contribution in [0.1, 0.15) is 140 Å². The lowest BCUT2D eigenvalue weighted by molar-refractivity contribution is -0.235. The summed E-state index contributed by atoms with van der Waals surface area (Å²) >= 11 is 0. The second-order valence-corrected chi connectivity index (χ2v) is 31.1. The molecule has 2 aliphatic heterocycles. The van der Waals surface area contributed by atoms with E-state index in [4.69, 9.17) is 16.2 Å². The molecule has 4 bridgehead atoms. The molecule has 3 heterocycles. The fourth-order valence-electron chi connectivity index (χ4n) is 20.5. The van der Waals surface area contributed by atoms with E-state index in [0.29, 0.717) is 30.9 Å². The number of nitrogens with zero attached hydrogens (tertiary/aromatic N) is 1. The Kier molecular flexibility index (Phi) is 16.6. The number of carbonyl (C=O) groups excluding carboxylic acids is 3. The number of cyclic esters (lactones) is 1. The van der Waals surface area contributed by atoms with Crippen molar-refractivity contribution in [3.8, 4) is 17.6 Å². The molecule has 0 amide bonds. The maximum absolute atomic E-state index is 16.3. The van der Waals surface area contributed by atoms with Crippen molar-refractivity contribution < 1.29 is 65.1 Å². The number of aliphatic hydroxyl groups is 8. The van der Waals surface area contributed by atoms with E-state index >= 15 is 4.79 Å². The van der Waals surface area contributed by atoms with Gasteiger partial charge in [-0.15, -0.1) is 5.92 Å². The number of esters is 1. The van der Waals surface area contributed by atoms with Crippen molar-refractivity contribution in [2.24, 2.45) is 97.8 Å². The van der Waals surface area contributed by atoms with Gasteiger partial charge in [-0.1, -0.05) is 65.1 Å². The smallest absolute Gasteiger partial charge is 0.313 e. The average molecular weight is 1220 g/mol. The molecule has 12 rings (SSSR count). The van der Waals surface area contributed by atoms with Crippen LogP contribution in [-0.4, -0.2) is 147 Å². The first-order chi connectivity index (χ1) is 40.9. The van der Waals surface area contributed by atoms with Gasteiger partial charge in [0, 0.05) is 90.1 Å². The van der Waals surface area contributed by atoms with Crippen LogP contribution in [0.5, 0.6) is 5.75 Å². The fourth-order valence-corrected chi connectivity index (χ4v) is 23.3. The van der Waals surface area contributed by atoms with Gasteiger partial charge in [-0.05, 0) is 166 Å². The zero-order chi connectivity index (χ0) is 61.0. The number of rotatable bonds is 8. The van der Waals surface area contributed by atoms with Crippen molar-refractivity contribution in [1.29, 1.82) is 0 Å². The predicted octanol–water partition coefficient (Wildman–Crippen LogP) is 5.07. The second kappa shape index (κ2) is 23.1. The number of aliphatic hydroxyl groups excluding tert-OH is 4. The number of aliphatic imine (C=N–C) groups is 1. The first-order valence-corrected chi connectivity index (χ1v) is 34.0. The quantitative estimate of drug-likeness (QED) is 0.0312. The Labute approximate surface area is 511 Å². The topological polar surface area (TPSA) is 335 Å². The summed E-state index contributed by atoms with van der Waals surface area (Å²) in [6, 6.07) is 7.15. The number of ether oxygens (including phenoxy) is 1. The van der Waals surface area contributed by atoms with Crippen LogP contribution in [0.4, 0.5) is 0 Å². The third-order valence-corrected chi connectivity index (χ3v) is 27.0. The SMILES string of the molecule is CC1CCC2=CCC3C(C(O)O)CC4(O)CCC3(CC(C3COC(=O)C3c3cc[nH]c3)C#CCC3CC5(O)C6=C7NC(CO)C(=O)CC(c8ccc(O)cc8)CSSCC8C(O)C(O)CC(C)(C6CCC5(CCN=C(N)N)C3C4(C)O)C8C7=O)C2C1. The van der Waals surface area contributed by atoms with Gasteiger partial charge in [0.25, 0.3) is 0 Å². The molecule has 1 aromatic carbocycles. The first kappa shape index (κ1) is 61.8. The van der Waals surface area contributed by atoms with Crippen molar-refractivity contribution in [2.45, 2.75) is 170 Å². The minimum Gasteiger partial charge on any atom is -0.508 e. The average Bonchev–Trinajstić information content (AvgIpc) is 1.35. The molecule has 1 aromatic heterocycles. The summed E-state index contributed by atoms with van der Waals surface area (Å²) in [5.74, 6) is -0.373. The van der Waals surface area contributed by atoms with Crippen molar-refractivity contribution >= 4 is 45.1 Å². The van der Waals surface area contributed by atoms with Gasteiger partial charge in [0.1, 0.15) is 11.8 Å². The molecule has 15 N–H and O–H groups in total. The van der Waals surface area contributed by atoms with Crippen LogP contribution >= 0.6 is 21.6 Å². The molecule has 8 aliphatic carbocycles. The maximum Gasteiger partial charge on any atom is 0.313 e. The third-order valence-electron chi connectivity index (χ3n) is 24.5. The van der Waals surface area contributed by atoms with Crippen LogP contribution in [-0.2, 0) is 19.1 Å². The number of carbonyl (C=O) groups is 3. The van der Waals surface area contributed by atoms with E-state index in [2.05, 4.69) is 40.1 Å². The molecule has 20 heteroatoms. The number of ketones is 2. The molecular formula is C66H89N5O13S2. The van der Waals surface area contributed by atoms with Gasteiger partial charge in [0.05, 0.1) is 53.8 Å². The van der Waals surface area contributed by atoms with Gasteiger partial charge < -0.3 is 72.5 Å². The summed E-state index contributed by atoms with van der Waals surface area (Å²) in [6.07, 6.45) is 5.76. The first-order valence-electron chi connectivity index (χ1n) is 31.6. The lowest BCUT2D eigenvalue weighted by Gasteiger charge is -2.64. The van der Waals surface area contributed by atoms with Crippen LogP contribution in [0.25, 0.3) is 0 Å². The normalized spacial score (nSPS) is 45.0. The Morgan fingerprint density at radius 3 is 2.42 bits per heavy atom. The Morgan fingerprint density at radius 1 is 0.930 bits per heavy atom. The molecule has 7 fully saturated rings. The molecule has 468 valence electrons. The summed E-state index contributed by atoms with van der Waals surface area (Å²) < 4.78 is 5.99. The van der Waals surface area contributed by atoms with Gasteiger partial charge in [0.2, 0.25) is 0 Å². The number of nitrogens with one attached hydrogen (secondary N) is 2. The molecule has 2 aromatic rings. The zero-order valence-electron chi connectivity index (χ0n) is 49.7. The van der Waals surface area contributed by atoms with Crippen molar-refractivity contribution in [2.75, 3.05) is 31.3 Å². The van der Waals surface area contributed by atoms with E-state index in [9.17, 15) is 55.5 Å². The molecule has 10 aliphatic rings. The number of phenols is 1. The highest BCUT2D eigenvalue weighted by Gasteiger charge is 2.76. The van der Waals surface area contributed by atoms with Crippen LogP contribution in [0.3, 0.4) is 0 Å². The summed E-state index contributed by atoms with van der Waals surface area (Å²) in [5.41, 5.74) is 5.79. The Morgan fingerprint density at radius 2 is 1.70 bits per heavy atom. The molecule has 86 heavy (non-hydrogen) atoms. The lowest BCUT2D eigenvalue weighted by atomic mass is 9.42. The molecule has 18 nitrogen and oxygen atoms in total. The number of aromatic hydroxyl groups is 1. The standard InChI is InChI=1S/C66H89N5O13S2/c1-34-7-8-36-11-14-45-42(58(78)79)27-65(82)19-18-63(45,47(36)23-34)25-37(43-31-84-59(80)51(43)39-16-21-69-29-39)5-4-6-38-26-66(83)53-46(15-17-64(66,20-22-70-60(67)68)57(38)62(65,3)81)61(2)28-50(75)55(76)44-33-86-85-32-40(35-9-12-41(73)13-10-35)24-49(74)48(30-72)71-54(53)56(77)52(44)61/h9-13,16,21,29,34,37-38,40,42-48,50-52,55,57-58,69,71-73,75-76,78-79,81-83H,6-8,14-15,17-20,22-28,30-33H2,1-3H3,(H4,67,68,70). The number of H-pyrrole nitrogens is 1. The monoisotopic (exact) mass is 1220 g/mol. The van der Waals surface area contributed by atoms with E-state index in [1.165, 1.54) is 27.2 Å². The maximum atomic E-state index is 16.3. The van der Waals surface area contributed by atoms with Crippen LogP contribution in [0.2, 0.25) is 0 Å². The highest BCUT2D eigenvalue weighted by Crippen LogP contribution is 2.74. The van der Waals surface area contributed by atoms with Crippen molar-refractivity contribution in [3.63, 3.8) is 0 Å². The van der Waals surface area contributed by atoms with Gasteiger partial charge in [-0.2, -0.15) is 0 Å². The summed E-state index contributed by atoms with van der Waals surface area (Å²) in [4.78, 5) is 52.9. The van der Waals surface area contributed by atoms with Crippen LogP contribution in [0.15, 0.2) is 70.6 Å². The second-order valence-electron chi connectivity index (χ2n) is 28.6. The highest BCUT2D eigenvalue weighted by atomic mass is 33.1. The molecule has 1 spiro atoms. The van der Waals surface area contributed by atoms with E-state index in [-0.39, 0.29) is 112 Å². The number of hydrogen-bond acceptors (Lipinski definition) is 17. The minimum absolute atomic E-state index is 0.00114. The van der Waals surface area contributed by atoms with E-state index in [0.717, 1.165) is 30.4 Å². The van der Waals surface area contributed by atoms with Crippen LogP contribution < -0.4 is 16.8 Å². The number of allylic oxidation sites excluding steroid dienone is 3. The minimum atomic E-state index is -2.14. The molecule has 22 unspecified atom stereocenters. The molecule has 22 atom stereocenters. The number of fused-ring (bicyclic) bond motifs is 10. The molecular weight excluding hydrogens is 1130 g/mol. The number of guanidine groups is 1. The third kappa shape index (κ3) is 9.92. The fraction of sp³-hybridized carbons (Fsp3) is 0.697. The Hall–Kier alpha value is -4.40. The molecule has 0 radical (unpaired) electrons. The number of aromatic amines is 1. The van der Waals surface area contributed by atoms with Gasteiger partial charge in [-0.25, -0.2) is 0 Å². The van der Waals surface area contributed by atoms with E-state index in [1.807, 2.05) is 19.2 Å². The molecule has 5 saturated carbocycles. The number of benzene rings is 1. The highest BCUT2D eigenvalue weighted by molar-refractivity contribution is 8.76. The Bertz CT molecular complexity index is 3090. The van der Waals surface area contributed by atoms with Gasteiger partial charge >= 0.3 is 5.97 Å². The Balaban J connectivity index is 1.07. The van der Waals surface area contributed by atoms with E-state index in [1.54, 1.807) is 37.4 Å². The number of aromatic nitrogens is 1. The van der Waals surface area contributed by atoms with Gasteiger partial charge in [0.15, 0.2) is 23.8 Å². The van der Waals surface area contributed by atoms with Gasteiger partial charge in [-0.3, -0.25) is 19.4 Å². The van der Waals surface area contributed by atoms with Crippen molar-refractivity contribution in [1.82, 2.24) is 10.3 Å².